The Hall–Kier alpha value is -0.176. The molecule has 28 heavy (non-hydrogen) atoms. The molecule has 1 saturated heterocycles. The fourth-order valence-electron chi connectivity index (χ4n) is 2.58. The maximum absolute atomic E-state index is 6.38. The fourth-order valence-corrected chi connectivity index (χ4v) is 8.95. The van der Waals surface area contributed by atoms with Gasteiger partial charge in [-0.05, 0) is 25.7 Å². The number of rotatable bonds is 17. The second-order valence-electron chi connectivity index (χ2n) is 7.20. The van der Waals surface area contributed by atoms with Crippen LogP contribution in [0.2, 0.25) is 12.1 Å². The number of epoxide rings is 1. The molecule has 0 saturated carbocycles. The Kier molecular flexibility index (Phi) is 12.2. The van der Waals surface area contributed by atoms with Crippen LogP contribution < -0.4 is 0 Å². The summed E-state index contributed by atoms with van der Waals surface area (Å²) in [6.45, 7) is 9.12. The van der Waals surface area contributed by atoms with E-state index in [9.17, 15) is 0 Å². The molecule has 0 amide bonds. The standard InChI is InChI=1S/C18H39NO7Si2/c1-16(2)17(3)19-10-8-12-27(20-4,21-5)26-28(22-6,23-7)13-9-11-24-14-18-15-25-18/h16,18H,8-15H2,1-7H3. The molecule has 0 radical (unpaired) electrons. The second kappa shape index (κ2) is 13.2. The Labute approximate surface area is 172 Å². The van der Waals surface area contributed by atoms with Crippen LogP contribution in [0.4, 0.5) is 0 Å². The summed E-state index contributed by atoms with van der Waals surface area (Å²) < 4.78 is 40.1. The van der Waals surface area contributed by atoms with Gasteiger partial charge in [0, 0.05) is 59.4 Å². The third-order valence-corrected chi connectivity index (χ3v) is 11.8. The zero-order valence-corrected chi connectivity index (χ0v) is 20.6. The van der Waals surface area contributed by atoms with Crippen molar-refractivity contribution in [3.05, 3.63) is 0 Å². The minimum Gasteiger partial charge on any atom is -0.379 e. The first-order valence-electron chi connectivity index (χ1n) is 9.97. The molecule has 0 aromatic rings. The molecule has 1 aliphatic heterocycles. The quantitative estimate of drug-likeness (QED) is 0.150. The van der Waals surface area contributed by atoms with E-state index in [-0.39, 0.29) is 6.10 Å². The van der Waals surface area contributed by atoms with Crippen molar-refractivity contribution in [2.75, 3.05) is 54.8 Å². The van der Waals surface area contributed by atoms with E-state index in [1.165, 1.54) is 0 Å². The van der Waals surface area contributed by atoms with Crippen molar-refractivity contribution in [3.8, 4) is 0 Å². The Morgan fingerprint density at radius 2 is 1.54 bits per heavy atom. The van der Waals surface area contributed by atoms with Crippen molar-refractivity contribution in [2.24, 2.45) is 10.9 Å². The second-order valence-corrected chi connectivity index (χ2v) is 13.4. The molecule has 0 N–H and O–H groups in total. The number of aliphatic imine (C=N–C) groups is 1. The van der Waals surface area contributed by atoms with Crippen LogP contribution in [0.25, 0.3) is 0 Å². The zero-order valence-electron chi connectivity index (χ0n) is 18.6. The molecule has 1 unspecified atom stereocenters. The summed E-state index contributed by atoms with van der Waals surface area (Å²) in [5.74, 6) is 0.457. The topological polar surface area (TPSA) is 80.3 Å². The maximum Gasteiger partial charge on any atom is 0.493 e. The molecule has 0 spiro atoms. The molecule has 1 rings (SSSR count). The summed E-state index contributed by atoms with van der Waals surface area (Å²) in [6, 6.07) is 1.30. The average molecular weight is 438 g/mol. The lowest BCUT2D eigenvalue weighted by molar-refractivity contribution is 0.0798. The monoisotopic (exact) mass is 437 g/mol. The number of ether oxygens (including phenoxy) is 2. The van der Waals surface area contributed by atoms with Gasteiger partial charge in [0.2, 0.25) is 0 Å². The molecule has 1 heterocycles. The van der Waals surface area contributed by atoms with Gasteiger partial charge < -0.3 is 31.3 Å². The van der Waals surface area contributed by atoms with Gasteiger partial charge in [-0.2, -0.15) is 0 Å². The van der Waals surface area contributed by atoms with Crippen molar-refractivity contribution in [1.29, 1.82) is 0 Å². The van der Waals surface area contributed by atoms with Crippen molar-refractivity contribution in [1.82, 2.24) is 0 Å². The molecule has 1 atom stereocenters. The SMILES string of the molecule is CO[Si](CCCN=C(C)C(C)C)(OC)O[Si](CCCOCC1CO1)(OC)OC. The van der Waals surface area contributed by atoms with Gasteiger partial charge in [0.15, 0.2) is 0 Å². The maximum atomic E-state index is 6.38. The Morgan fingerprint density at radius 3 is 2.00 bits per heavy atom. The third kappa shape index (κ3) is 9.10. The Morgan fingerprint density at radius 1 is 1.00 bits per heavy atom. The van der Waals surface area contributed by atoms with E-state index in [0.29, 0.717) is 31.2 Å². The van der Waals surface area contributed by atoms with E-state index >= 15 is 0 Å². The average Bonchev–Trinajstić information content (AvgIpc) is 3.53. The van der Waals surface area contributed by atoms with Gasteiger partial charge in [-0.15, -0.1) is 0 Å². The molecular formula is C18H39NO7Si2. The highest BCUT2D eigenvalue weighted by Crippen LogP contribution is 2.26. The molecule has 0 aromatic carbocycles. The van der Waals surface area contributed by atoms with E-state index in [2.05, 4.69) is 25.8 Å². The van der Waals surface area contributed by atoms with Crippen molar-refractivity contribution in [2.45, 2.75) is 51.8 Å². The lowest BCUT2D eigenvalue weighted by atomic mass is 10.1. The van der Waals surface area contributed by atoms with Gasteiger partial charge in [-0.3, -0.25) is 4.99 Å². The molecular weight excluding hydrogens is 398 g/mol. The Bertz CT molecular complexity index is 453. The van der Waals surface area contributed by atoms with Crippen LogP contribution in [0.1, 0.15) is 33.6 Å². The highest BCUT2D eigenvalue weighted by Gasteiger charge is 2.51. The van der Waals surface area contributed by atoms with Crippen LogP contribution >= 0.6 is 0 Å². The van der Waals surface area contributed by atoms with Crippen LogP contribution in [0.5, 0.6) is 0 Å². The predicted octanol–water partition coefficient (Wildman–Crippen LogP) is 2.78. The summed E-state index contributed by atoms with van der Waals surface area (Å²) in [4.78, 5) is 4.62. The van der Waals surface area contributed by atoms with Gasteiger partial charge in [0.25, 0.3) is 0 Å². The van der Waals surface area contributed by atoms with E-state index in [1.807, 2.05) is 0 Å². The van der Waals surface area contributed by atoms with Gasteiger partial charge >= 0.3 is 17.6 Å². The predicted molar refractivity (Wildman–Crippen MR) is 113 cm³/mol. The molecule has 0 bridgehead atoms. The first-order chi connectivity index (χ1) is 13.4. The highest BCUT2D eigenvalue weighted by molar-refractivity contribution is 6.74. The van der Waals surface area contributed by atoms with Crippen molar-refractivity contribution in [3.63, 3.8) is 0 Å². The fraction of sp³-hybridized carbons (Fsp3) is 0.944. The molecule has 10 heteroatoms. The van der Waals surface area contributed by atoms with E-state index in [1.54, 1.807) is 28.4 Å². The van der Waals surface area contributed by atoms with Crippen LogP contribution in [-0.2, 0) is 31.3 Å². The van der Waals surface area contributed by atoms with Crippen LogP contribution in [0.15, 0.2) is 4.99 Å². The molecule has 166 valence electrons. The summed E-state index contributed by atoms with van der Waals surface area (Å²) in [6.07, 6.45) is 1.86. The van der Waals surface area contributed by atoms with Gasteiger partial charge in [0.05, 0.1) is 13.2 Å². The van der Waals surface area contributed by atoms with Gasteiger partial charge in [-0.1, -0.05) is 13.8 Å². The summed E-state index contributed by atoms with van der Waals surface area (Å²) in [7, 11) is 0.662. The molecule has 0 aromatic heterocycles. The van der Waals surface area contributed by atoms with Crippen LogP contribution in [0, 0.1) is 5.92 Å². The molecule has 1 aliphatic rings. The minimum atomic E-state index is -2.92. The first-order valence-corrected chi connectivity index (χ1v) is 13.8. The van der Waals surface area contributed by atoms with Crippen molar-refractivity contribution < 1.29 is 31.3 Å². The van der Waals surface area contributed by atoms with Crippen LogP contribution in [0.3, 0.4) is 0 Å². The van der Waals surface area contributed by atoms with Crippen molar-refractivity contribution >= 4 is 23.3 Å². The summed E-state index contributed by atoms with van der Waals surface area (Å²) >= 11 is 0. The van der Waals surface area contributed by atoms with E-state index < -0.39 is 17.6 Å². The normalized spacial score (nSPS) is 18.1. The highest BCUT2D eigenvalue weighted by atomic mass is 28.5. The lowest BCUT2D eigenvalue weighted by Crippen LogP contribution is -2.57. The largest absolute Gasteiger partial charge is 0.493 e. The molecule has 1 fully saturated rings. The van der Waals surface area contributed by atoms with Crippen LogP contribution in [-0.4, -0.2) is 84.2 Å². The van der Waals surface area contributed by atoms with Gasteiger partial charge in [0.1, 0.15) is 6.10 Å². The summed E-state index contributed by atoms with van der Waals surface area (Å²) in [5, 5.41) is 0. The smallest absolute Gasteiger partial charge is 0.379 e. The number of hydrogen-bond acceptors (Lipinski definition) is 8. The third-order valence-electron chi connectivity index (χ3n) is 4.87. The Balaban J connectivity index is 2.58. The number of hydrogen-bond donors (Lipinski definition) is 0. The molecule has 8 nitrogen and oxygen atoms in total. The lowest BCUT2D eigenvalue weighted by Gasteiger charge is -2.35. The van der Waals surface area contributed by atoms with E-state index in [0.717, 1.165) is 31.7 Å². The summed E-state index contributed by atoms with van der Waals surface area (Å²) in [5.41, 5.74) is 1.15. The minimum absolute atomic E-state index is 0.270. The first kappa shape index (κ1) is 25.9. The zero-order chi connectivity index (χ0) is 21.0. The molecule has 0 aliphatic carbocycles. The number of nitrogens with zero attached hydrogens (tertiary/aromatic N) is 1. The van der Waals surface area contributed by atoms with Gasteiger partial charge in [-0.25, -0.2) is 0 Å². The van der Waals surface area contributed by atoms with E-state index in [4.69, 9.17) is 31.3 Å².